The highest BCUT2D eigenvalue weighted by atomic mass is 16.6. The van der Waals surface area contributed by atoms with Crippen LogP contribution < -0.4 is 21.1 Å². The van der Waals surface area contributed by atoms with Gasteiger partial charge >= 0.3 is 6.09 Å². The number of methoxy groups -OCH3 is 1. The summed E-state index contributed by atoms with van der Waals surface area (Å²) in [7, 11) is 1.33. The van der Waals surface area contributed by atoms with Crippen LogP contribution in [0.15, 0.2) is 24.3 Å². The summed E-state index contributed by atoms with van der Waals surface area (Å²) in [5.41, 5.74) is 4.53. The number of carbonyl (C=O) groups excluding carboxylic acids is 2. The molecule has 0 bridgehead atoms. The molecule has 0 saturated carbocycles. The van der Waals surface area contributed by atoms with Crippen molar-refractivity contribution in [1.82, 2.24) is 5.32 Å². The molecule has 0 aliphatic carbocycles. The van der Waals surface area contributed by atoms with Gasteiger partial charge in [0.1, 0.15) is 12.4 Å². The van der Waals surface area contributed by atoms with Crippen molar-refractivity contribution in [2.24, 2.45) is 5.73 Å². The van der Waals surface area contributed by atoms with Crippen molar-refractivity contribution in [2.75, 3.05) is 25.6 Å². The van der Waals surface area contributed by atoms with Crippen molar-refractivity contribution in [3.8, 4) is 5.75 Å². The average Bonchev–Trinajstić information content (AvgIpc) is 2.55. The largest absolute Gasteiger partial charge is 0.494 e. The van der Waals surface area contributed by atoms with E-state index in [1.165, 1.54) is 13.2 Å². The fourth-order valence-corrected chi connectivity index (χ4v) is 2.00. The number of nitro groups is 1. The van der Waals surface area contributed by atoms with Gasteiger partial charge in [-0.05, 0) is 32.9 Å². The maximum atomic E-state index is 11.5. The van der Waals surface area contributed by atoms with Crippen molar-refractivity contribution in [3.63, 3.8) is 0 Å². The Bertz CT molecular complexity index is 740. The van der Waals surface area contributed by atoms with Gasteiger partial charge in [0.25, 0.3) is 5.69 Å². The molecule has 4 N–H and O–H groups in total. The molecule has 0 aliphatic heterocycles. The Labute approximate surface area is 156 Å². The SMILES string of the molecule is COc1cc(C(N)=O)cc([N+](=O)[O-])c1NC/C=C/COC(=O)NC(C)(C)C. The second-order valence-corrected chi connectivity index (χ2v) is 6.52. The third-order valence-electron chi connectivity index (χ3n) is 3.13. The van der Waals surface area contributed by atoms with E-state index in [1.807, 2.05) is 20.8 Å². The van der Waals surface area contributed by atoms with E-state index in [-0.39, 0.29) is 35.8 Å². The van der Waals surface area contributed by atoms with Crippen molar-refractivity contribution >= 4 is 23.4 Å². The van der Waals surface area contributed by atoms with Crippen LogP contribution in [0.2, 0.25) is 0 Å². The lowest BCUT2D eigenvalue weighted by Gasteiger charge is -2.19. The minimum Gasteiger partial charge on any atom is -0.494 e. The van der Waals surface area contributed by atoms with Gasteiger partial charge in [-0.3, -0.25) is 14.9 Å². The first kappa shape index (κ1) is 21.7. The zero-order valence-electron chi connectivity index (χ0n) is 15.7. The second kappa shape index (κ2) is 9.41. The summed E-state index contributed by atoms with van der Waals surface area (Å²) < 4.78 is 10.1. The van der Waals surface area contributed by atoms with Crippen molar-refractivity contribution < 1.29 is 24.0 Å². The number of alkyl carbamates (subject to hydrolysis) is 1. The van der Waals surface area contributed by atoms with Crippen LogP contribution in [0.1, 0.15) is 31.1 Å². The van der Waals surface area contributed by atoms with Crippen LogP contribution in [0, 0.1) is 10.1 Å². The van der Waals surface area contributed by atoms with Gasteiger partial charge in [-0.15, -0.1) is 0 Å². The Kier molecular flexibility index (Phi) is 7.58. The molecule has 0 radical (unpaired) electrons. The zero-order chi connectivity index (χ0) is 20.6. The molecular weight excluding hydrogens is 356 g/mol. The number of nitrogens with one attached hydrogen (secondary N) is 2. The Balaban J connectivity index is 2.72. The molecule has 0 spiro atoms. The molecule has 2 amide bonds. The summed E-state index contributed by atoms with van der Waals surface area (Å²) in [6.45, 7) is 5.74. The van der Waals surface area contributed by atoms with Crippen LogP contribution in [0.25, 0.3) is 0 Å². The van der Waals surface area contributed by atoms with Crippen molar-refractivity contribution in [1.29, 1.82) is 0 Å². The topological polar surface area (TPSA) is 146 Å². The molecule has 148 valence electrons. The van der Waals surface area contributed by atoms with Crippen molar-refractivity contribution in [3.05, 3.63) is 40.0 Å². The van der Waals surface area contributed by atoms with E-state index < -0.39 is 22.5 Å². The number of ether oxygens (including phenoxy) is 2. The first-order valence-electron chi connectivity index (χ1n) is 8.05. The summed E-state index contributed by atoms with van der Waals surface area (Å²) >= 11 is 0. The number of anilines is 1. The van der Waals surface area contributed by atoms with Crippen LogP contribution in [0.3, 0.4) is 0 Å². The van der Waals surface area contributed by atoms with Gasteiger partial charge in [0.15, 0.2) is 5.69 Å². The summed E-state index contributed by atoms with van der Waals surface area (Å²) in [5.74, 6) is -0.680. The van der Waals surface area contributed by atoms with E-state index in [1.54, 1.807) is 12.2 Å². The molecule has 0 unspecified atom stereocenters. The second-order valence-electron chi connectivity index (χ2n) is 6.52. The molecule has 1 aromatic carbocycles. The van der Waals surface area contributed by atoms with Crippen LogP contribution in [0.5, 0.6) is 5.75 Å². The van der Waals surface area contributed by atoms with Gasteiger partial charge < -0.3 is 25.8 Å². The Morgan fingerprint density at radius 2 is 1.96 bits per heavy atom. The minimum absolute atomic E-state index is 0.0297. The minimum atomic E-state index is -0.798. The summed E-state index contributed by atoms with van der Waals surface area (Å²) in [5, 5.41) is 16.8. The number of nitrogens with zero attached hydrogens (tertiary/aromatic N) is 1. The maximum absolute atomic E-state index is 11.5. The maximum Gasteiger partial charge on any atom is 0.407 e. The summed E-state index contributed by atoms with van der Waals surface area (Å²) in [6.07, 6.45) is 2.68. The molecule has 0 aliphatic rings. The number of nitrogens with two attached hydrogens (primary N) is 1. The third kappa shape index (κ3) is 7.22. The third-order valence-corrected chi connectivity index (χ3v) is 3.13. The number of carbonyl (C=O) groups is 2. The number of hydrogen-bond acceptors (Lipinski definition) is 7. The number of nitro benzene ring substituents is 1. The average molecular weight is 380 g/mol. The number of hydrogen-bond donors (Lipinski definition) is 3. The molecule has 0 atom stereocenters. The van der Waals surface area contributed by atoms with Gasteiger partial charge in [0.05, 0.1) is 12.0 Å². The van der Waals surface area contributed by atoms with Gasteiger partial charge in [0.2, 0.25) is 5.91 Å². The molecule has 0 saturated heterocycles. The van der Waals surface area contributed by atoms with E-state index in [0.717, 1.165) is 6.07 Å². The van der Waals surface area contributed by atoms with E-state index in [4.69, 9.17) is 15.2 Å². The molecule has 10 heteroatoms. The first-order chi connectivity index (χ1) is 12.5. The lowest BCUT2D eigenvalue weighted by Crippen LogP contribution is -2.40. The Hall–Kier alpha value is -3.30. The monoisotopic (exact) mass is 380 g/mol. The molecular formula is C17H24N4O6. The van der Waals surface area contributed by atoms with Crippen LogP contribution in [-0.4, -0.2) is 42.7 Å². The standard InChI is InChI=1S/C17H24N4O6/c1-17(2,3)20-16(23)27-8-6-5-7-19-14-12(21(24)25)9-11(15(18)22)10-13(14)26-4/h5-6,9-10,19H,7-8H2,1-4H3,(H2,18,22)(H,20,23)/b6-5+. The Morgan fingerprint density at radius 1 is 1.30 bits per heavy atom. The predicted octanol–water partition coefficient (Wildman–Crippen LogP) is 2.20. The highest BCUT2D eigenvalue weighted by Crippen LogP contribution is 2.35. The van der Waals surface area contributed by atoms with Gasteiger partial charge in [-0.25, -0.2) is 4.79 Å². The lowest BCUT2D eigenvalue weighted by atomic mass is 10.1. The molecule has 27 heavy (non-hydrogen) atoms. The lowest BCUT2D eigenvalue weighted by molar-refractivity contribution is -0.384. The van der Waals surface area contributed by atoms with Crippen LogP contribution in [0.4, 0.5) is 16.2 Å². The highest BCUT2D eigenvalue weighted by molar-refractivity contribution is 5.95. The summed E-state index contributed by atoms with van der Waals surface area (Å²) in [4.78, 5) is 33.4. The fraction of sp³-hybridized carbons (Fsp3) is 0.412. The number of amides is 2. The first-order valence-corrected chi connectivity index (χ1v) is 8.05. The van der Waals surface area contributed by atoms with Gasteiger partial charge in [0, 0.05) is 23.7 Å². The van der Waals surface area contributed by atoms with Crippen LogP contribution in [-0.2, 0) is 4.74 Å². The molecule has 0 heterocycles. The molecule has 0 aromatic heterocycles. The van der Waals surface area contributed by atoms with Gasteiger partial charge in [-0.1, -0.05) is 6.08 Å². The van der Waals surface area contributed by atoms with Crippen LogP contribution >= 0.6 is 0 Å². The number of primary amides is 1. The zero-order valence-corrected chi connectivity index (χ0v) is 15.7. The van der Waals surface area contributed by atoms with E-state index in [0.29, 0.717) is 0 Å². The highest BCUT2D eigenvalue weighted by Gasteiger charge is 2.21. The normalized spacial score (nSPS) is 11.1. The molecule has 10 nitrogen and oxygen atoms in total. The molecule has 0 fully saturated rings. The van der Waals surface area contributed by atoms with Gasteiger partial charge in [-0.2, -0.15) is 0 Å². The van der Waals surface area contributed by atoms with E-state index in [2.05, 4.69) is 10.6 Å². The fourth-order valence-electron chi connectivity index (χ4n) is 2.00. The molecule has 1 aromatic rings. The summed E-state index contributed by atoms with van der Waals surface area (Å²) in [6, 6.07) is 2.40. The van der Waals surface area contributed by atoms with E-state index >= 15 is 0 Å². The van der Waals surface area contributed by atoms with E-state index in [9.17, 15) is 19.7 Å². The number of benzene rings is 1. The Morgan fingerprint density at radius 3 is 2.48 bits per heavy atom. The number of rotatable bonds is 8. The smallest absolute Gasteiger partial charge is 0.407 e. The predicted molar refractivity (Wildman–Crippen MR) is 100 cm³/mol. The quantitative estimate of drug-likeness (QED) is 0.356. The van der Waals surface area contributed by atoms with Crippen molar-refractivity contribution in [2.45, 2.75) is 26.3 Å². The molecule has 1 rings (SSSR count).